The van der Waals surface area contributed by atoms with Crippen LogP contribution in [0.2, 0.25) is 0 Å². The van der Waals surface area contributed by atoms with Crippen LogP contribution in [0.15, 0.2) is 36.7 Å². The number of fused-ring (bicyclic) bond motifs is 2. The molecule has 2 aliphatic heterocycles. The fourth-order valence-corrected chi connectivity index (χ4v) is 3.59. The standard InChI is InChI=1S/C16H16N6O4/c23-16(24)21-9-11-7-12(21)8-20(11)14-2-1-13(22(25)26)15(19-14)18-10-3-5-17-6-4-10/h1-6,11-12H,7-9H2,(H,23,24)(H,17,18,19)/t11-,12-/m0/s1. The summed E-state index contributed by atoms with van der Waals surface area (Å²) in [6.07, 6.45) is 3.00. The number of piperazine rings is 1. The molecule has 2 aliphatic rings. The van der Waals surface area contributed by atoms with Gasteiger partial charge in [-0.25, -0.2) is 9.78 Å². The van der Waals surface area contributed by atoms with Crippen LogP contribution >= 0.6 is 0 Å². The number of hydrogen-bond donors (Lipinski definition) is 2. The smallest absolute Gasteiger partial charge is 0.407 e. The molecule has 10 heteroatoms. The van der Waals surface area contributed by atoms with E-state index in [0.29, 0.717) is 24.6 Å². The predicted octanol–water partition coefficient (Wildman–Crippen LogP) is 2.07. The molecule has 1 amide bonds. The number of anilines is 3. The Bertz CT molecular complexity index is 861. The van der Waals surface area contributed by atoms with Crippen molar-refractivity contribution in [3.05, 3.63) is 46.8 Å². The van der Waals surface area contributed by atoms with E-state index in [4.69, 9.17) is 0 Å². The number of nitrogens with zero attached hydrogens (tertiary/aromatic N) is 5. The van der Waals surface area contributed by atoms with Crippen LogP contribution in [0.1, 0.15) is 6.42 Å². The van der Waals surface area contributed by atoms with Crippen LogP contribution in [0.4, 0.5) is 27.8 Å². The van der Waals surface area contributed by atoms with Crippen molar-refractivity contribution in [1.82, 2.24) is 14.9 Å². The average molecular weight is 356 g/mol. The van der Waals surface area contributed by atoms with Gasteiger partial charge in [-0.2, -0.15) is 0 Å². The maximum Gasteiger partial charge on any atom is 0.407 e. The van der Waals surface area contributed by atoms with Crippen LogP contribution in [0, 0.1) is 10.1 Å². The molecule has 2 atom stereocenters. The van der Waals surface area contributed by atoms with Gasteiger partial charge in [0.05, 0.1) is 17.0 Å². The topological polar surface area (TPSA) is 125 Å². The molecule has 26 heavy (non-hydrogen) atoms. The SMILES string of the molecule is O=C(O)N1C[C@@H]2C[C@H]1CN2c1ccc([N+](=O)[O-])c(Nc2ccncc2)n1. The number of pyridine rings is 2. The lowest BCUT2D eigenvalue weighted by Gasteiger charge is -2.33. The number of hydrogen-bond acceptors (Lipinski definition) is 7. The fraction of sp³-hybridized carbons (Fsp3) is 0.312. The lowest BCUT2D eigenvalue weighted by molar-refractivity contribution is -0.384. The molecule has 2 aromatic heterocycles. The molecular weight excluding hydrogens is 340 g/mol. The molecule has 0 aliphatic carbocycles. The predicted molar refractivity (Wildman–Crippen MR) is 92.7 cm³/mol. The summed E-state index contributed by atoms with van der Waals surface area (Å²) in [5, 5.41) is 23.5. The highest BCUT2D eigenvalue weighted by molar-refractivity contribution is 5.69. The van der Waals surface area contributed by atoms with E-state index < -0.39 is 11.0 Å². The zero-order valence-electron chi connectivity index (χ0n) is 13.6. The molecule has 2 N–H and O–H groups in total. The van der Waals surface area contributed by atoms with Crippen molar-refractivity contribution in [2.75, 3.05) is 23.3 Å². The van der Waals surface area contributed by atoms with Gasteiger partial charge in [-0.3, -0.25) is 15.1 Å². The van der Waals surface area contributed by atoms with Crippen molar-refractivity contribution in [3.63, 3.8) is 0 Å². The molecule has 0 spiro atoms. The monoisotopic (exact) mass is 356 g/mol. The van der Waals surface area contributed by atoms with Crippen LogP contribution in [0.3, 0.4) is 0 Å². The van der Waals surface area contributed by atoms with Crippen LogP contribution in [-0.4, -0.2) is 56.2 Å². The maximum atomic E-state index is 11.3. The molecule has 0 aromatic carbocycles. The van der Waals surface area contributed by atoms with Gasteiger partial charge in [0, 0.05) is 37.2 Å². The van der Waals surface area contributed by atoms with E-state index in [1.807, 2.05) is 4.90 Å². The minimum atomic E-state index is -0.908. The van der Waals surface area contributed by atoms with Crippen LogP contribution < -0.4 is 10.2 Å². The molecular formula is C16H16N6O4. The Morgan fingerprint density at radius 2 is 2.00 bits per heavy atom. The zero-order chi connectivity index (χ0) is 18.3. The Kier molecular flexibility index (Phi) is 3.79. The number of carbonyl (C=O) groups is 1. The van der Waals surface area contributed by atoms with E-state index in [2.05, 4.69) is 15.3 Å². The molecule has 2 saturated heterocycles. The molecule has 2 bridgehead atoms. The second-order valence-corrected chi connectivity index (χ2v) is 6.29. The van der Waals surface area contributed by atoms with Crippen LogP contribution in [0.5, 0.6) is 0 Å². The Hall–Kier alpha value is -3.43. The Labute approximate surface area is 148 Å². The van der Waals surface area contributed by atoms with E-state index in [1.165, 1.54) is 11.0 Å². The number of nitro groups is 1. The lowest BCUT2D eigenvalue weighted by Crippen LogP contribution is -2.48. The van der Waals surface area contributed by atoms with Crippen LogP contribution in [-0.2, 0) is 0 Å². The van der Waals surface area contributed by atoms with Crippen molar-refractivity contribution < 1.29 is 14.8 Å². The van der Waals surface area contributed by atoms with E-state index in [1.54, 1.807) is 30.6 Å². The van der Waals surface area contributed by atoms with E-state index in [0.717, 1.165) is 6.42 Å². The molecule has 2 fully saturated rings. The highest BCUT2D eigenvalue weighted by Crippen LogP contribution is 2.36. The lowest BCUT2D eigenvalue weighted by atomic mass is 10.2. The van der Waals surface area contributed by atoms with Crippen molar-refractivity contribution >= 4 is 29.1 Å². The van der Waals surface area contributed by atoms with Gasteiger partial charge < -0.3 is 20.2 Å². The van der Waals surface area contributed by atoms with Crippen molar-refractivity contribution in [3.8, 4) is 0 Å². The van der Waals surface area contributed by atoms with E-state index >= 15 is 0 Å². The van der Waals surface area contributed by atoms with Gasteiger partial charge in [0.1, 0.15) is 5.82 Å². The summed E-state index contributed by atoms with van der Waals surface area (Å²) < 4.78 is 0. The zero-order valence-corrected chi connectivity index (χ0v) is 13.6. The van der Waals surface area contributed by atoms with Gasteiger partial charge in [-0.15, -0.1) is 0 Å². The molecule has 0 unspecified atom stereocenters. The number of aromatic nitrogens is 2. The summed E-state index contributed by atoms with van der Waals surface area (Å²) >= 11 is 0. The highest BCUT2D eigenvalue weighted by atomic mass is 16.6. The molecule has 0 saturated carbocycles. The Morgan fingerprint density at radius 3 is 2.62 bits per heavy atom. The van der Waals surface area contributed by atoms with Gasteiger partial charge in [0.2, 0.25) is 5.82 Å². The minimum absolute atomic E-state index is 0.0406. The summed E-state index contributed by atoms with van der Waals surface area (Å²) in [4.78, 5) is 33.9. The van der Waals surface area contributed by atoms with Gasteiger partial charge in [0.15, 0.2) is 0 Å². The summed E-state index contributed by atoms with van der Waals surface area (Å²) in [7, 11) is 0. The first-order valence-corrected chi connectivity index (χ1v) is 8.11. The summed E-state index contributed by atoms with van der Waals surface area (Å²) in [5.41, 5.74) is 0.523. The first kappa shape index (κ1) is 16.1. The van der Waals surface area contributed by atoms with Crippen molar-refractivity contribution in [2.45, 2.75) is 18.5 Å². The molecule has 134 valence electrons. The van der Waals surface area contributed by atoms with Gasteiger partial charge in [-0.1, -0.05) is 0 Å². The number of rotatable bonds is 4. The second kappa shape index (κ2) is 6.14. The molecule has 0 radical (unpaired) electrons. The maximum absolute atomic E-state index is 11.3. The third-order valence-corrected chi connectivity index (χ3v) is 4.78. The quantitative estimate of drug-likeness (QED) is 0.630. The largest absolute Gasteiger partial charge is 0.465 e. The van der Waals surface area contributed by atoms with Crippen molar-refractivity contribution in [1.29, 1.82) is 0 Å². The number of carboxylic acid groups (broad SMARTS) is 1. The fourth-order valence-electron chi connectivity index (χ4n) is 3.59. The second-order valence-electron chi connectivity index (χ2n) is 6.29. The summed E-state index contributed by atoms with van der Waals surface area (Å²) in [6.45, 7) is 0.961. The van der Waals surface area contributed by atoms with Gasteiger partial charge in [0.25, 0.3) is 0 Å². The molecule has 10 nitrogen and oxygen atoms in total. The van der Waals surface area contributed by atoms with Gasteiger partial charge >= 0.3 is 11.8 Å². The number of likely N-dealkylation sites (tertiary alicyclic amines) is 1. The molecule has 4 heterocycles. The third-order valence-electron chi connectivity index (χ3n) is 4.78. The summed E-state index contributed by atoms with van der Waals surface area (Å²) in [5.74, 6) is 0.751. The van der Waals surface area contributed by atoms with Crippen molar-refractivity contribution in [2.24, 2.45) is 0 Å². The number of nitrogens with one attached hydrogen (secondary N) is 1. The summed E-state index contributed by atoms with van der Waals surface area (Å²) in [6, 6.07) is 6.40. The Morgan fingerprint density at radius 1 is 1.23 bits per heavy atom. The van der Waals surface area contributed by atoms with E-state index in [-0.39, 0.29) is 23.6 Å². The third kappa shape index (κ3) is 2.75. The molecule has 4 rings (SSSR count). The normalized spacial score (nSPS) is 21.1. The first-order chi connectivity index (χ1) is 12.5. The average Bonchev–Trinajstić information content (AvgIpc) is 3.23. The van der Waals surface area contributed by atoms with Crippen LogP contribution in [0.25, 0.3) is 0 Å². The number of amides is 1. The van der Waals surface area contributed by atoms with E-state index in [9.17, 15) is 20.0 Å². The molecule has 2 aromatic rings. The first-order valence-electron chi connectivity index (χ1n) is 8.11. The Balaban J connectivity index is 1.62. The van der Waals surface area contributed by atoms with Gasteiger partial charge in [-0.05, 0) is 24.6 Å². The highest BCUT2D eigenvalue weighted by Gasteiger charge is 2.46. The minimum Gasteiger partial charge on any atom is -0.465 e.